The number of carboxylic acids is 1. The van der Waals surface area contributed by atoms with Crippen molar-refractivity contribution in [2.75, 3.05) is 26.2 Å². The number of hydrogen-bond acceptors (Lipinski definition) is 4. The number of hydrogen-bond donors (Lipinski definition) is 1. The molecule has 0 aromatic heterocycles. The quantitative estimate of drug-likeness (QED) is 0.676. The van der Waals surface area contributed by atoms with Crippen molar-refractivity contribution in [2.24, 2.45) is 0 Å². The fourth-order valence-corrected chi connectivity index (χ4v) is 4.33. The molecule has 4 rings (SSSR count). The molecule has 1 amide bonds. The van der Waals surface area contributed by atoms with Crippen LogP contribution in [0.5, 0.6) is 5.75 Å². The average Bonchev–Trinajstić information content (AvgIpc) is 3.45. The van der Waals surface area contributed by atoms with Crippen LogP contribution in [0.3, 0.4) is 0 Å². The molecule has 0 unspecified atom stereocenters. The molecule has 2 aliphatic rings. The molecule has 0 bridgehead atoms. The van der Waals surface area contributed by atoms with Gasteiger partial charge in [-0.25, -0.2) is 4.79 Å². The van der Waals surface area contributed by atoms with E-state index in [-0.39, 0.29) is 31.8 Å². The van der Waals surface area contributed by atoms with E-state index in [0.717, 1.165) is 44.6 Å². The Balaban J connectivity index is 0.00000181. The Labute approximate surface area is 196 Å². The summed E-state index contributed by atoms with van der Waals surface area (Å²) < 4.78 is 5.78. The van der Waals surface area contributed by atoms with E-state index in [1.807, 2.05) is 29.2 Å². The van der Waals surface area contributed by atoms with Gasteiger partial charge in [-0.2, -0.15) is 0 Å². The molecule has 2 saturated heterocycles. The summed E-state index contributed by atoms with van der Waals surface area (Å²) in [6.07, 6.45) is 4.70. The molecule has 2 aromatic rings. The topological polar surface area (TPSA) is 70.1 Å². The molecule has 31 heavy (non-hydrogen) atoms. The summed E-state index contributed by atoms with van der Waals surface area (Å²) >= 11 is 0. The summed E-state index contributed by atoms with van der Waals surface area (Å²) in [7, 11) is 0. The first-order valence-electron chi connectivity index (χ1n) is 10.7. The number of benzene rings is 2. The van der Waals surface area contributed by atoms with Gasteiger partial charge >= 0.3 is 24.8 Å². The van der Waals surface area contributed by atoms with Crippen molar-refractivity contribution in [1.29, 1.82) is 0 Å². The number of rotatable bonds is 7. The first kappa shape index (κ1) is 23.4. The molecule has 7 heteroatoms. The van der Waals surface area contributed by atoms with Crippen LogP contribution in [0.25, 0.3) is 0 Å². The van der Waals surface area contributed by atoms with Crippen molar-refractivity contribution in [2.45, 2.75) is 38.3 Å². The molecular weight excluding hydrogens is 387 g/mol. The van der Waals surface area contributed by atoms with E-state index in [1.165, 1.54) is 12.8 Å². The Morgan fingerprint density at radius 2 is 1.58 bits per heavy atom. The average molecular weight is 416 g/mol. The standard InChI is InChI=1S/C24H28N2O4.Li.H/c27-23(26-15-3-4-21(26)16-25-13-1-2-14-25)19-9-11-22(12-10-19)30-17-18-5-7-20(8-6-18)24(28)29;;/h5-12,21H,1-4,13-17H2,(H,28,29);;/q;+1;-1/t21-;;/m0../s1. The third-order valence-electron chi connectivity index (χ3n) is 6.01. The number of carbonyl (C=O) groups excluding carboxylic acids is 1. The van der Waals surface area contributed by atoms with E-state index in [2.05, 4.69) is 4.90 Å². The number of aromatic carboxylic acids is 1. The van der Waals surface area contributed by atoms with Crippen LogP contribution in [0, 0.1) is 0 Å². The van der Waals surface area contributed by atoms with Gasteiger partial charge in [-0.05, 0) is 80.7 Å². The number of carboxylic acid groups (broad SMARTS) is 1. The Morgan fingerprint density at radius 1 is 0.935 bits per heavy atom. The minimum Gasteiger partial charge on any atom is -1.00 e. The first-order chi connectivity index (χ1) is 14.6. The molecule has 0 spiro atoms. The second-order valence-electron chi connectivity index (χ2n) is 8.12. The first-order valence-corrected chi connectivity index (χ1v) is 10.7. The maximum Gasteiger partial charge on any atom is 1.00 e. The summed E-state index contributed by atoms with van der Waals surface area (Å²) in [5.74, 6) is -0.153. The van der Waals surface area contributed by atoms with E-state index >= 15 is 0 Å². The van der Waals surface area contributed by atoms with Gasteiger partial charge in [0, 0.05) is 24.7 Å². The van der Waals surface area contributed by atoms with Crippen molar-refractivity contribution in [3.05, 3.63) is 65.2 Å². The molecule has 0 aliphatic carbocycles. The molecule has 160 valence electrons. The van der Waals surface area contributed by atoms with Gasteiger partial charge in [0.1, 0.15) is 12.4 Å². The van der Waals surface area contributed by atoms with E-state index in [0.29, 0.717) is 24.0 Å². The molecular formula is C24H29LiN2O4. The van der Waals surface area contributed by atoms with Crippen LogP contribution in [0.1, 0.15) is 53.4 Å². The maximum absolute atomic E-state index is 13.0. The zero-order valence-corrected chi connectivity index (χ0v) is 18.1. The summed E-state index contributed by atoms with van der Waals surface area (Å²) in [6, 6.07) is 14.3. The minimum absolute atomic E-state index is 0. The van der Waals surface area contributed by atoms with Gasteiger partial charge in [0.05, 0.1) is 5.56 Å². The van der Waals surface area contributed by atoms with E-state index < -0.39 is 5.97 Å². The van der Waals surface area contributed by atoms with Crippen molar-refractivity contribution in [3.63, 3.8) is 0 Å². The van der Waals surface area contributed by atoms with Gasteiger partial charge < -0.3 is 21.1 Å². The van der Waals surface area contributed by atoms with Crippen LogP contribution >= 0.6 is 0 Å². The molecule has 2 aliphatic heterocycles. The summed E-state index contributed by atoms with van der Waals surface area (Å²) in [4.78, 5) is 28.5. The van der Waals surface area contributed by atoms with Crippen LogP contribution in [0.4, 0.5) is 0 Å². The zero-order valence-electron chi connectivity index (χ0n) is 19.1. The number of amides is 1. The molecule has 2 aromatic carbocycles. The van der Waals surface area contributed by atoms with Crippen LogP contribution < -0.4 is 23.6 Å². The molecule has 2 fully saturated rings. The van der Waals surface area contributed by atoms with Crippen molar-refractivity contribution >= 4 is 11.9 Å². The number of carbonyl (C=O) groups is 2. The van der Waals surface area contributed by atoms with Gasteiger partial charge in [0.25, 0.3) is 5.91 Å². The van der Waals surface area contributed by atoms with Gasteiger partial charge in [0.2, 0.25) is 0 Å². The Kier molecular flexibility index (Phi) is 8.20. The fourth-order valence-electron chi connectivity index (χ4n) is 4.33. The van der Waals surface area contributed by atoms with Crippen LogP contribution in [-0.2, 0) is 6.61 Å². The van der Waals surface area contributed by atoms with Gasteiger partial charge in [-0.1, -0.05) is 12.1 Å². The Morgan fingerprint density at radius 3 is 2.23 bits per heavy atom. The normalized spacial score (nSPS) is 18.6. The monoisotopic (exact) mass is 416 g/mol. The third-order valence-corrected chi connectivity index (χ3v) is 6.01. The van der Waals surface area contributed by atoms with Crippen molar-refractivity contribution in [1.82, 2.24) is 9.80 Å². The zero-order chi connectivity index (χ0) is 20.9. The molecule has 2 heterocycles. The van der Waals surface area contributed by atoms with Crippen LogP contribution in [0.2, 0.25) is 0 Å². The van der Waals surface area contributed by atoms with E-state index in [4.69, 9.17) is 9.84 Å². The molecule has 0 radical (unpaired) electrons. The van der Waals surface area contributed by atoms with E-state index in [1.54, 1.807) is 24.3 Å². The molecule has 1 atom stereocenters. The molecule has 6 nitrogen and oxygen atoms in total. The van der Waals surface area contributed by atoms with Gasteiger partial charge in [-0.15, -0.1) is 0 Å². The third kappa shape index (κ3) is 5.91. The van der Waals surface area contributed by atoms with E-state index in [9.17, 15) is 9.59 Å². The predicted molar refractivity (Wildman–Crippen MR) is 115 cm³/mol. The number of likely N-dealkylation sites (tertiary alicyclic amines) is 2. The molecule has 1 N–H and O–H groups in total. The summed E-state index contributed by atoms with van der Waals surface area (Å²) in [5, 5.41) is 8.96. The number of ether oxygens (including phenoxy) is 1. The van der Waals surface area contributed by atoms with Crippen LogP contribution in [0.15, 0.2) is 48.5 Å². The Hall–Kier alpha value is -2.26. The number of nitrogens with zero attached hydrogens (tertiary/aromatic N) is 2. The maximum atomic E-state index is 13.0. The van der Waals surface area contributed by atoms with Crippen molar-refractivity contribution < 1.29 is 39.7 Å². The Bertz CT molecular complexity index is 886. The SMILES string of the molecule is O=C(O)c1ccc(COc2ccc(C(=O)N3CCC[C@H]3CN3CCCC3)cc2)cc1.[H-].[Li+]. The minimum atomic E-state index is -0.941. The summed E-state index contributed by atoms with van der Waals surface area (Å²) in [6.45, 7) is 4.49. The fraction of sp³-hybridized carbons (Fsp3) is 0.417. The predicted octanol–water partition coefficient (Wildman–Crippen LogP) is 0.781. The second kappa shape index (κ2) is 10.9. The smallest absolute Gasteiger partial charge is 1.00 e. The largest absolute Gasteiger partial charge is 1.00 e. The van der Waals surface area contributed by atoms with Crippen LogP contribution in [-0.4, -0.2) is 59.0 Å². The second-order valence-corrected chi connectivity index (χ2v) is 8.12. The van der Waals surface area contributed by atoms with Crippen molar-refractivity contribution in [3.8, 4) is 5.75 Å². The molecule has 0 saturated carbocycles. The van der Waals surface area contributed by atoms with Gasteiger partial charge in [0.15, 0.2) is 0 Å². The van der Waals surface area contributed by atoms with Gasteiger partial charge in [-0.3, -0.25) is 4.79 Å². The summed E-state index contributed by atoms with van der Waals surface area (Å²) in [5.41, 5.74) is 1.84.